The van der Waals surface area contributed by atoms with Crippen molar-refractivity contribution >= 4 is 33.7 Å². The Balaban J connectivity index is 1.85. The summed E-state index contributed by atoms with van der Waals surface area (Å²) in [6.45, 7) is -0.623. The first-order chi connectivity index (χ1) is 16.8. The van der Waals surface area contributed by atoms with E-state index in [9.17, 15) is 17.6 Å². The van der Waals surface area contributed by atoms with Crippen LogP contribution >= 0.6 is 11.6 Å². The normalized spacial score (nSPS) is 11.6. The number of nitrogens with zero attached hydrogens (tertiary/aromatic N) is 2. The van der Waals surface area contributed by atoms with E-state index in [1.54, 1.807) is 30.3 Å². The lowest BCUT2D eigenvalue weighted by atomic mass is 10.2. The molecule has 0 bridgehead atoms. The van der Waals surface area contributed by atoms with E-state index in [4.69, 9.17) is 21.1 Å². The summed E-state index contributed by atoms with van der Waals surface area (Å²) < 4.78 is 52.2. The molecule has 0 heterocycles. The van der Waals surface area contributed by atoms with E-state index in [0.29, 0.717) is 11.3 Å². The Morgan fingerprint density at radius 1 is 1.06 bits per heavy atom. The van der Waals surface area contributed by atoms with Gasteiger partial charge >= 0.3 is 0 Å². The van der Waals surface area contributed by atoms with Gasteiger partial charge in [0.1, 0.15) is 5.82 Å². The second kappa shape index (κ2) is 11.8. The molecule has 0 aliphatic carbocycles. The zero-order chi connectivity index (χ0) is 25.4. The van der Waals surface area contributed by atoms with E-state index in [-0.39, 0.29) is 27.8 Å². The number of amides is 1. The SMILES string of the molecule is COc1ccc(S(=O)(=O)N(CC(=O)N/N=C\c2c(F)cccc2Cl)Cc2ccccc2)cc1OC. The predicted octanol–water partition coefficient (Wildman–Crippen LogP) is 3.84. The Kier molecular flexibility index (Phi) is 8.80. The van der Waals surface area contributed by atoms with Crippen molar-refractivity contribution in [3.8, 4) is 11.5 Å². The Morgan fingerprint density at radius 3 is 2.43 bits per heavy atom. The van der Waals surface area contributed by atoms with Crippen LogP contribution in [0.5, 0.6) is 11.5 Å². The van der Waals surface area contributed by atoms with Crippen LogP contribution in [0.15, 0.2) is 76.7 Å². The van der Waals surface area contributed by atoms with Gasteiger partial charge in [-0.05, 0) is 29.8 Å². The first-order valence-corrected chi connectivity index (χ1v) is 12.1. The lowest BCUT2D eigenvalue weighted by molar-refractivity contribution is -0.121. The third-order valence-electron chi connectivity index (χ3n) is 4.90. The van der Waals surface area contributed by atoms with Crippen molar-refractivity contribution < 1.29 is 27.1 Å². The summed E-state index contributed by atoms with van der Waals surface area (Å²) in [4.78, 5) is 12.5. The summed E-state index contributed by atoms with van der Waals surface area (Å²) in [6, 6.07) is 17.1. The predicted molar refractivity (Wildman–Crippen MR) is 131 cm³/mol. The quantitative estimate of drug-likeness (QED) is 0.324. The number of benzene rings is 3. The van der Waals surface area contributed by atoms with E-state index in [1.807, 2.05) is 0 Å². The first-order valence-electron chi connectivity index (χ1n) is 10.3. The van der Waals surface area contributed by atoms with Crippen LogP contribution in [0.4, 0.5) is 4.39 Å². The molecule has 11 heteroatoms. The average molecular weight is 520 g/mol. The maximum atomic E-state index is 13.9. The molecule has 0 aliphatic rings. The summed E-state index contributed by atoms with van der Waals surface area (Å²) in [5.74, 6) is -0.755. The van der Waals surface area contributed by atoms with Crippen LogP contribution in [0.1, 0.15) is 11.1 Å². The number of hydrazone groups is 1. The number of rotatable bonds is 10. The van der Waals surface area contributed by atoms with Gasteiger partial charge in [-0.15, -0.1) is 0 Å². The van der Waals surface area contributed by atoms with Crippen LogP contribution in [0.3, 0.4) is 0 Å². The molecule has 8 nitrogen and oxygen atoms in total. The smallest absolute Gasteiger partial charge is 0.255 e. The summed E-state index contributed by atoms with van der Waals surface area (Å²) >= 11 is 5.94. The van der Waals surface area contributed by atoms with Crippen molar-refractivity contribution in [3.05, 3.63) is 88.7 Å². The minimum atomic E-state index is -4.14. The molecule has 3 aromatic carbocycles. The molecule has 0 saturated heterocycles. The van der Waals surface area contributed by atoms with Crippen LogP contribution in [0, 0.1) is 5.82 Å². The first kappa shape index (κ1) is 26.1. The Bertz CT molecular complexity index is 1300. The molecule has 35 heavy (non-hydrogen) atoms. The largest absolute Gasteiger partial charge is 0.493 e. The number of carbonyl (C=O) groups is 1. The van der Waals surface area contributed by atoms with Crippen molar-refractivity contribution in [2.24, 2.45) is 5.10 Å². The molecule has 0 aromatic heterocycles. The Hall–Kier alpha value is -3.47. The monoisotopic (exact) mass is 519 g/mol. The van der Waals surface area contributed by atoms with Crippen LogP contribution in [-0.2, 0) is 21.4 Å². The fourth-order valence-electron chi connectivity index (χ4n) is 3.14. The highest BCUT2D eigenvalue weighted by Crippen LogP contribution is 2.31. The molecule has 3 aromatic rings. The van der Waals surface area contributed by atoms with E-state index >= 15 is 0 Å². The third kappa shape index (κ3) is 6.56. The summed E-state index contributed by atoms with van der Waals surface area (Å²) in [6.07, 6.45) is 1.06. The maximum Gasteiger partial charge on any atom is 0.255 e. The molecule has 1 N–H and O–H groups in total. The van der Waals surface area contributed by atoms with Crippen molar-refractivity contribution in [2.45, 2.75) is 11.4 Å². The molecular weight excluding hydrogens is 497 g/mol. The standard InChI is InChI=1S/C24H23ClFN3O5S/c1-33-22-12-11-18(13-23(22)34-2)35(31,32)29(15-17-7-4-3-5-8-17)16-24(30)28-27-14-19-20(25)9-6-10-21(19)26/h3-14H,15-16H2,1-2H3,(H,28,30)/b27-14-. The molecule has 0 fully saturated rings. The second-order valence-corrected chi connectivity index (χ2v) is 9.55. The molecule has 0 atom stereocenters. The van der Waals surface area contributed by atoms with Gasteiger partial charge in [0.15, 0.2) is 11.5 Å². The van der Waals surface area contributed by atoms with Gasteiger partial charge in [0.25, 0.3) is 5.91 Å². The van der Waals surface area contributed by atoms with Gasteiger partial charge in [0, 0.05) is 18.2 Å². The maximum absolute atomic E-state index is 13.9. The van der Waals surface area contributed by atoms with Crippen LogP contribution < -0.4 is 14.9 Å². The molecule has 0 unspecified atom stereocenters. The number of hydrogen-bond donors (Lipinski definition) is 1. The fraction of sp³-hybridized carbons (Fsp3) is 0.167. The number of carbonyl (C=O) groups excluding carboxylic acids is 1. The Morgan fingerprint density at radius 2 is 1.77 bits per heavy atom. The van der Waals surface area contributed by atoms with Crippen molar-refractivity contribution in [2.75, 3.05) is 20.8 Å². The zero-order valence-corrected chi connectivity index (χ0v) is 20.5. The number of halogens is 2. The third-order valence-corrected chi connectivity index (χ3v) is 7.01. The molecule has 0 spiro atoms. The average Bonchev–Trinajstić information content (AvgIpc) is 2.85. The summed E-state index contributed by atoms with van der Waals surface area (Å²) in [7, 11) is -1.31. The van der Waals surface area contributed by atoms with Crippen LogP contribution in [-0.4, -0.2) is 45.6 Å². The van der Waals surface area contributed by atoms with E-state index in [0.717, 1.165) is 10.5 Å². The lowest BCUT2D eigenvalue weighted by Crippen LogP contribution is -2.39. The van der Waals surface area contributed by atoms with E-state index in [2.05, 4.69) is 10.5 Å². The van der Waals surface area contributed by atoms with Gasteiger partial charge in [0.05, 0.1) is 36.9 Å². The van der Waals surface area contributed by atoms with Gasteiger partial charge in [-0.3, -0.25) is 4.79 Å². The molecular formula is C24H23ClFN3O5S. The highest BCUT2D eigenvalue weighted by Gasteiger charge is 2.28. The van der Waals surface area contributed by atoms with E-state index in [1.165, 1.54) is 50.6 Å². The van der Waals surface area contributed by atoms with Gasteiger partial charge in [-0.25, -0.2) is 18.2 Å². The van der Waals surface area contributed by atoms with Crippen molar-refractivity contribution in [1.29, 1.82) is 0 Å². The zero-order valence-electron chi connectivity index (χ0n) is 18.9. The number of hydrogen-bond acceptors (Lipinski definition) is 6. The minimum Gasteiger partial charge on any atom is -0.493 e. The number of nitrogens with one attached hydrogen (secondary N) is 1. The van der Waals surface area contributed by atoms with Crippen molar-refractivity contribution in [1.82, 2.24) is 9.73 Å². The van der Waals surface area contributed by atoms with Crippen molar-refractivity contribution in [3.63, 3.8) is 0 Å². The van der Waals surface area contributed by atoms with Gasteiger partial charge in [0.2, 0.25) is 10.0 Å². The van der Waals surface area contributed by atoms with Gasteiger partial charge in [-0.2, -0.15) is 9.41 Å². The Labute approximate surface area is 208 Å². The number of sulfonamides is 1. The number of methoxy groups -OCH3 is 2. The van der Waals surface area contributed by atoms with Gasteiger partial charge in [-0.1, -0.05) is 48.0 Å². The fourth-order valence-corrected chi connectivity index (χ4v) is 4.75. The highest BCUT2D eigenvalue weighted by molar-refractivity contribution is 7.89. The van der Waals surface area contributed by atoms with E-state index < -0.39 is 28.3 Å². The number of ether oxygens (including phenoxy) is 2. The molecule has 3 rings (SSSR count). The molecule has 184 valence electrons. The van der Waals surface area contributed by atoms with Crippen LogP contribution in [0.2, 0.25) is 5.02 Å². The summed E-state index contributed by atoms with van der Waals surface area (Å²) in [5, 5.41) is 3.84. The molecule has 1 amide bonds. The molecule has 0 aliphatic heterocycles. The topological polar surface area (TPSA) is 97.3 Å². The minimum absolute atomic E-state index is 0.00597. The lowest BCUT2D eigenvalue weighted by Gasteiger charge is -2.22. The molecule has 0 saturated carbocycles. The summed E-state index contributed by atoms with van der Waals surface area (Å²) in [5.41, 5.74) is 2.89. The van der Waals surface area contributed by atoms with Gasteiger partial charge < -0.3 is 9.47 Å². The highest BCUT2D eigenvalue weighted by atomic mass is 35.5. The second-order valence-electron chi connectivity index (χ2n) is 7.20. The molecule has 0 radical (unpaired) electrons. The van der Waals surface area contributed by atoms with Crippen LogP contribution in [0.25, 0.3) is 0 Å².